The highest BCUT2D eigenvalue weighted by Crippen LogP contribution is 2.21. The van der Waals surface area contributed by atoms with Gasteiger partial charge in [0, 0.05) is 7.05 Å². The molecule has 0 aromatic carbocycles. The normalized spacial score (nSPS) is 11.6. The first kappa shape index (κ1) is 10.00. The first-order valence-electron chi connectivity index (χ1n) is 5.49. The van der Waals surface area contributed by atoms with E-state index >= 15 is 0 Å². The van der Waals surface area contributed by atoms with Crippen LogP contribution in [0.4, 0.5) is 5.95 Å². The number of nitrogens with zero attached hydrogens (tertiary/aromatic N) is 7. The number of hydrogen-bond acceptors (Lipinski definition) is 7. The third-order valence-electron chi connectivity index (χ3n) is 2.69. The number of furan rings is 1. The van der Waals surface area contributed by atoms with E-state index < -0.39 is 0 Å². The number of aromatic nitrogens is 7. The predicted octanol–water partition coefficient (Wildman–Crippen LogP) is 0.248. The van der Waals surface area contributed by atoms with Gasteiger partial charge in [-0.1, -0.05) is 0 Å². The molecule has 4 rings (SSSR count). The highest BCUT2D eigenvalue weighted by molar-refractivity contribution is 5.86. The zero-order chi connectivity index (χ0) is 13.0. The fourth-order valence-corrected chi connectivity index (χ4v) is 1.91. The van der Waals surface area contributed by atoms with E-state index in [2.05, 4.69) is 25.3 Å². The van der Waals surface area contributed by atoms with Crippen LogP contribution in [-0.2, 0) is 7.05 Å². The van der Waals surface area contributed by atoms with Crippen molar-refractivity contribution in [3.05, 3.63) is 18.4 Å². The molecule has 0 saturated carbocycles. The molecule has 0 unspecified atom stereocenters. The Morgan fingerprint density at radius 1 is 1.21 bits per heavy atom. The minimum atomic E-state index is 0.202. The fraction of sp³-hybridized carbons (Fsp3) is 0.100. The van der Waals surface area contributed by atoms with Gasteiger partial charge >= 0.3 is 0 Å². The number of nitrogens with two attached hydrogens (primary N) is 1. The first-order valence-corrected chi connectivity index (χ1v) is 5.49. The van der Waals surface area contributed by atoms with Gasteiger partial charge in [-0.15, -0.1) is 15.3 Å². The summed E-state index contributed by atoms with van der Waals surface area (Å²) in [5, 5.41) is 12.6. The molecule has 94 valence electrons. The summed E-state index contributed by atoms with van der Waals surface area (Å²) in [6, 6.07) is 3.53. The molecule has 0 amide bonds. The Kier molecular flexibility index (Phi) is 1.73. The maximum absolute atomic E-state index is 5.84. The van der Waals surface area contributed by atoms with E-state index in [9.17, 15) is 0 Å². The maximum Gasteiger partial charge on any atom is 0.225 e. The lowest BCUT2D eigenvalue weighted by Gasteiger charge is -1.94. The average Bonchev–Trinajstić information content (AvgIpc) is 3.03. The Morgan fingerprint density at radius 3 is 2.89 bits per heavy atom. The monoisotopic (exact) mass is 256 g/mol. The Hall–Kier alpha value is -2.97. The highest BCUT2D eigenvalue weighted by Gasteiger charge is 2.17. The summed E-state index contributed by atoms with van der Waals surface area (Å²) in [5.74, 6) is 1.19. The van der Waals surface area contributed by atoms with Crippen LogP contribution in [0.2, 0.25) is 0 Å². The van der Waals surface area contributed by atoms with Gasteiger partial charge in [-0.05, 0) is 12.1 Å². The van der Waals surface area contributed by atoms with Gasteiger partial charge in [0.15, 0.2) is 16.9 Å². The lowest BCUT2D eigenvalue weighted by molar-refractivity contribution is 0.577. The quantitative estimate of drug-likeness (QED) is 0.519. The summed E-state index contributed by atoms with van der Waals surface area (Å²) in [7, 11) is 1.71. The van der Waals surface area contributed by atoms with Crippen LogP contribution in [0, 0.1) is 0 Å². The maximum atomic E-state index is 5.84. The molecule has 9 heteroatoms. The molecule has 4 aromatic rings. The smallest absolute Gasteiger partial charge is 0.225 e. The summed E-state index contributed by atoms with van der Waals surface area (Å²) in [6.07, 6.45) is 1.56. The molecule has 4 heterocycles. The molecule has 9 nitrogen and oxygen atoms in total. The summed E-state index contributed by atoms with van der Waals surface area (Å²) >= 11 is 0. The largest absolute Gasteiger partial charge is 0.461 e. The van der Waals surface area contributed by atoms with Crippen molar-refractivity contribution in [1.29, 1.82) is 0 Å². The van der Waals surface area contributed by atoms with Crippen LogP contribution in [0.5, 0.6) is 0 Å². The molecule has 0 saturated heterocycles. The van der Waals surface area contributed by atoms with Crippen molar-refractivity contribution >= 4 is 22.8 Å². The van der Waals surface area contributed by atoms with Crippen molar-refractivity contribution in [2.45, 2.75) is 0 Å². The summed E-state index contributed by atoms with van der Waals surface area (Å²) in [6.45, 7) is 0. The number of anilines is 1. The minimum absolute atomic E-state index is 0.202. The van der Waals surface area contributed by atoms with Gasteiger partial charge in [-0.2, -0.15) is 14.3 Å². The third-order valence-corrected chi connectivity index (χ3v) is 2.69. The molecule has 0 atom stereocenters. The molecule has 19 heavy (non-hydrogen) atoms. The molecule has 0 spiro atoms. The van der Waals surface area contributed by atoms with Crippen molar-refractivity contribution in [2.75, 3.05) is 5.73 Å². The topological polar surface area (TPSA) is 113 Å². The van der Waals surface area contributed by atoms with Gasteiger partial charge in [0.1, 0.15) is 0 Å². The van der Waals surface area contributed by atoms with Crippen molar-refractivity contribution in [3.63, 3.8) is 0 Å². The number of aryl methyl sites for hydroxylation is 1. The summed E-state index contributed by atoms with van der Waals surface area (Å²) in [5.41, 5.74) is 7.32. The van der Waals surface area contributed by atoms with Crippen molar-refractivity contribution in [2.24, 2.45) is 7.05 Å². The second-order valence-corrected chi connectivity index (χ2v) is 3.98. The lowest BCUT2D eigenvalue weighted by Crippen LogP contribution is -2.02. The van der Waals surface area contributed by atoms with E-state index in [4.69, 9.17) is 10.2 Å². The van der Waals surface area contributed by atoms with E-state index in [-0.39, 0.29) is 5.95 Å². The van der Waals surface area contributed by atoms with E-state index in [0.29, 0.717) is 28.4 Å². The predicted molar refractivity (Wildman–Crippen MR) is 65.0 cm³/mol. The minimum Gasteiger partial charge on any atom is -0.461 e. The standard InChI is InChI=1S/C10H8N8O/c1-17-14-6-8(15-17)13-10(11)18-9(6)12-7(16-18)5-3-2-4-19-5/h2-4H,1H3,(H2,11,13,15). The van der Waals surface area contributed by atoms with E-state index in [0.717, 1.165) is 0 Å². The van der Waals surface area contributed by atoms with Gasteiger partial charge in [-0.25, -0.2) is 4.98 Å². The van der Waals surface area contributed by atoms with E-state index in [1.165, 1.54) is 9.31 Å². The first-order chi connectivity index (χ1) is 9.22. The Morgan fingerprint density at radius 2 is 2.11 bits per heavy atom. The Bertz CT molecular complexity index is 887. The van der Waals surface area contributed by atoms with Gasteiger partial charge in [0.25, 0.3) is 0 Å². The number of fused-ring (bicyclic) bond motifs is 3. The molecular formula is C10H8N8O. The van der Waals surface area contributed by atoms with E-state index in [1.54, 1.807) is 25.4 Å². The molecule has 0 aliphatic carbocycles. The van der Waals surface area contributed by atoms with Crippen molar-refractivity contribution in [3.8, 4) is 11.6 Å². The van der Waals surface area contributed by atoms with Gasteiger partial charge in [0.2, 0.25) is 17.4 Å². The number of nitrogen functional groups attached to an aromatic ring is 1. The number of hydrogen-bond donors (Lipinski definition) is 1. The zero-order valence-electron chi connectivity index (χ0n) is 9.85. The second kappa shape index (κ2) is 3.28. The number of rotatable bonds is 1. The molecule has 0 fully saturated rings. The highest BCUT2D eigenvalue weighted by atomic mass is 16.3. The van der Waals surface area contributed by atoms with Gasteiger partial charge in [-0.3, -0.25) is 0 Å². The van der Waals surface area contributed by atoms with Gasteiger partial charge < -0.3 is 10.2 Å². The molecule has 4 aromatic heterocycles. The van der Waals surface area contributed by atoms with Crippen LogP contribution >= 0.6 is 0 Å². The van der Waals surface area contributed by atoms with Crippen LogP contribution in [0.3, 0.4) is 0 Å². The molecule has 0 aliphatic heterocycles. The van der Waals surface area contributed by atoms with Crippen LogP contribution in [-0.4, -0.2) is 34.6 Å². The molecule has 0 radical (unpaired) electrons. The van der Waals surface area contributed by atoms with E-state index in [1.807, 2.05) is 0 Å². The second-order valence-electron chi connectivity index (χ2n) is 3.98. The van der Waals surface area contributed by atoms with Crippen molar-refractivity contribution in [1.82, 2.24) is 34.6 Å². The SMILES string of the molecule is Cn1nc2nc(N)n3nc(-c4ccco4)nc3c2n1. The van der Waals surface area contributed by atoms with Gasteiger partial charge in [0.05, 0.1) is 6.26 Å². The van der Waals surface area contributed by atoms with Crippen molar-refractivity contribution < 1.29 is 4.42 Å². The molecule has 2 N–H and O–H groups in total. The van der Waals surface area contributed by atoms with Crippen LogP contribution in [0.15, 0.2) is 22.8 Å². The molecule has 0 bridgehead atoms. The Balaban J connectivity index is 2.12. The van der Waals surface area contributed by atoms with Crippen LogP contribution in [0.25, 0.3) is 28.4 Å². The summed E-state index contributed by atoms with van der Waals surface area (Å²) < 4.78 is 6.69. The fourth-order valence-electron chi connectivity index (χ4n) is 1.91. The van der Waals surface area contributed by atoms with Crippen LogP contribution in [0.1, 0.15) is 0 Å². The Labute approximate surface area is 105 Å². The lowest BCUT2D eigenvalue weighted by atomic mass is 10.4. The molecule has 0 aliphatic rings. The summed E-state index contributed by atoms with van der Waals surface area (Å²) in [4.78, 5) is 9.93. The average molecular weight is 256 g/mol. The molecular weight excluding hydrogens is 248 g/mol. The zero-order valence-corrected chi connectivity index (χ0v) is 9.85. The van der Waals surface area contributed by atoms with Crippen LogP contribution < -0.4 is 5.73 Å². The third kappa shape index (κ3) is 1.32.